The second-order valence-electron chi connectivity index (χ2n) is 6.65. The lowest BCUT2D eigenvalue weighted by atomic mass is 10.2. The van der Waals surface area contributed by atoms with Crippen LogP contribution in [-0.4, -0.2) is 47.0 Å². The molecule has 1 amide bonds. The number of thiazole rings is 1. The Hall–Kier alpha value is -2.45. The highest BCUT2D eigenvalue weighted by Crippen LogP contribution is 2.35. The van der Waals surface area contributed by atoms with Crippen molar-refractivity contribution in [1.82, 2.24) is 14.8 Å². The summed E-state index contributed by atoms with van der Waals surface area (Å²) in [5.74, 6) is 0.586. The maximum atomic E-state index is 13.3. The minimum atomic E-state index is -0.119. The van der Waals surface area contributed by atoms with Crippen molar-refractivity contribution in [3.05, 3.63) is 35.7 Å². The summed E-state index contributed by atoms with van der Waals surface area (Å²) >= 11 is 1.48. The first kappa shape index (κ1) is 17.9. The Kier molecular flexibility index (Phi) is 4.84. The summed E-state index contributed by atoms with van der Waals surface area (Å²) in [6, 6.07) is 7.60. The summed E-state index contributed by atoms with van der Waals surface area (Å²) < 4.78 is 13.8. The molecule has 1 aliphatic heterocycles. The SMILES string of the molecule is COc1cccc2sc(N(CC3CCCO3)C(=O)c3cc(C)nn3C)nc12. The highest BCUT2D eigenvalue weighted by Gasteiger charge is 2.29. The Labute approximate surface area is 161 Å². The van der Waals surface area contributed by atoms with E-state index in [0.717, 1.165) is 35.4 Å². The van der Waals surface area contributed by atoms with Gasteiger partial charge in [0.15, 0.2) is 5.13 Å². The van der Waals surface area contributed by atoms with Gasteiger partial charge in [0.1, 0.15) is 17.0 Å². The van der Waals surface area contributed by atoms with Gasteiger partial charge in [-0.3, -0.25) is 14.4 Å². The van der Waals surface area contributed by atoms with Crippen LogP contribution < -0.4 is 9.64 Å². The first-order valence-electron chi connectivity index (χ1n) is 8.94. The van der Waals surface area contributed by atoms with E-state index >= 15 is 0 Å². The van der Waals surface area contributed by atoms with Crippen molar-refractivity contribution in [2.24, 2.45) is 7.05 Å². The van der Waals surface area contributed by atoms with Crippen molar-refractivity contribution in [1.29, 1.82) is 0 Å². The molecule has 0 radical (unpaired) electrons. The fourth-order valence-corrected chi connectivity index (χ4v) is 4.37. The minimum absolute atomic E-state index is 0.0252. The molecule has 1 fully saturated rings. The Morgan fingerprint density at radius 2 is 2.33 bits per heavy atom. The highest BCUT2D eigenvalue weighted by atomic mass is 32.1. The van der Waals surface area contributed by atoms with E-state index in [-0.39, 0.29) is 12.0 Å². The number of carbonyl (C=O) groups is 1. The number of nitrogens with zero attached hydrogens (tertiary/aromatic N) is 4. The molecule has 0 bridgehead atoms. The molecule has 0 spiro atoms. The molecule has 142 valence electrons. The molecule has 0 aliphatic carbocycles. The molecule has 27 heavy (non-hydrogen) atoms. The predicted molar refractivity (Wildman–Crippen MR) is 105 cm³/mol. The lowest BCUT2D eigenvalue weighted by molar-refractivity contribution is 0.0909. The van der Waals surface area contributed by atoms with Gasteiger partial charge >= 0.3 is 0 Å². The van der Waals surface area contributed by atoms with Gasteiger partial charge in [-0.05, 0) is 38.0 Å². The van der Waals surface area contributed by atoms with E-state index in [1.54, 1.807) is 29.8 Å². The number of benzene rings is 1. The second kappa shape index (κ2) is 7.28. The number of aromatic nitrogens is 3. The Balaban J connectivity index is 1.75. The van der Waals surface area contributed by atoms with Crippen LogP contribution in [0.25, 0.3) is 10.2 Å². The van der Waals surface area contributed by atoms with E-state index in [1.807, 2.05) is 25.1 Å². The molecule has 2 aromatic heterocycles. The number of anilines is 1. The molecule has 1 atom stereocenters. The molecule has 1 aliphatic rings. The zero-order chi connectivity index (χ0) is 19.0. The number of fused-ring (bicyclic) bond motifs is 1. The van der Waals surface area contributed by atoms with Crippen LogP contribution in [0, 0.1) is 6.92 Å². The van der Waals surface area contributed by atoms with Crippen LogP contribution >= 0.6 is 11.3 Å². The van der Waals surface area contributed by atoms with Gasteiger partial charge in [-0.25, -0.2) is 4.98 Å². The van der Waals surface area contributed by atoms with Crippen molar-refractivity contribution in [2.45, 2.75) is 25.9 Å². The number of amides is 1. The molecule has 0 N–H and O–H groups in total. The lowest BCUT2D eigenvalue weighted by Crippen LogP contribution is -2.38. The van der Waals surface area contributed by atoms with Crippen LogP contribution in [0.2, 0.25) is 0 Å². The number of para-hydroxylation sites is 1. The zero-order valence-electron chi connectivity index (χ0n) is 15.6. The molecule has 3 heterocycles. The molecule has 3 aromatic rings. The van der Waals surface area contributed by atoms with Gasteiger partial charge in [0.2, 0.25) is 0 Å². The topological polar surface area (TPSA) is 69.5 Å². The standard InChI is InChI=1S/C19H22N4O3S/c1-12-10-14(22(2)21-12)18(24)23(11-13-6-5-9-26-13)19-20-17-15(25-3)7-4-8-16(17)27-19/h4,7-8,10,13H,5-6,9,11H2,1-3H3. The van der Waals surface area contributed by atoms with Crippen LogP contribution in [0.5, 0.6) is 5.75 Å². The summed E-state index contributed by atoms with van der Waals surface area (Å²) in [4.78, 5) is 19.8. The van der Waals surface area contributed by atoms with Crippen LogP contribution in [0.15, 0.2) is 24.3 Å². The third-order valence-corrected chi connectivity index (χ3v) is 5.74. The van der Waals surface area contributed by atoms with Crippen molar-refractivity contribution < 1.29 is 14.3 Å². The molecule has 1 aromatic carbocycles. The zero-order valence-corrected chi connectivity index (χ0v) is 16.5. The van der Waals surface area contributed by atoms with E-state index in [4.69, 9.17) is 14.5 Å². The molecule has 7 nitrogen and oxygen atoms in total. The number of aryl methyl sites for hydroxylation is 2. The number of carbonyl (C=O) groups excluding carboxylic acids is 1. The van der Waals surface area contributed by atoms with Crippen LogP contribution in [0.3, 0.4) is 0 Å². The third-order valence-electron chi connectivity index (χ3n) is 4.70. The molecular formula is C19H22N4O3S. The monoisotopic (exact) mass is 386 g/mol. The molecule has 8 heteroatoms. The molecular weight excluding hydrogens is 364 g/mol. The smallest absolute Gasteiger partial charge is 0.278 e. The predicted octanol–water partition coefficient (Wildman–Crippen LogP) is 3.17. The Morgan fingerprint density at radius 3 is 3.00 bits per heavy atom. The maximum Gasteiger partial charge on any atom is 0.278 e. The van der Waals surface area contributed by atoms with Gasteiger partial charge in [0, 0.05) is 13.7 Å². The van der Waals surface area contributed by atoms with E-state index in [0.29, 0.717) is 23.1 Å². The van der Waals surface area contributed by atoms with Crippen LogP contribution in [-0.2, 0) is 11.8 Å². The normalized spacial score (nSPS) is 16.8. The van der Waals surface area contributed by atoms with Crippen LogP contribution in [0.4, 0.5) is 5.13 Å². The quantitative estimate of drug-likeness (QED) is 0.674. The number of hydrogen-bond acceptors (Lipinski definition) is 6. The van der Waals surface area contributed by atoms with Crippen molar-refractivity contribution in [3.63, 3.8) is 0 Å². The second-order valence-corrected chi connectivity index (χ2v) is 7.66. The van der Waals surface area contributed by atoms with Gasteiger partial charge in [0.05, 0.1) is 30.2 Å². The van der Waals surface area contributed by atoms with Gasteiger partial charge < -0.3 is 9.47 Å². The maximum absolute atomic E-state index is 13.3. The van der Waals surface area contributed by atoms with Gasteiger partial charge in [0.25, 0.3) is 5.91 Å². The Morgan fingerprint density at radius 1 is 1.48 bits per heavy atom. The fourth-order valence-electron chi connectivity index (χ4n) is 3.38. The largest absolute Gasteiger partial charge is 0.494 e. The molecule has 4 rings (SSSR count). The number of ether oxygens (including phenoxy) is 2. The van der Waals surface area contributed by atoms with Crippen molar-refractivity contribution in [3.8, 4) is 5.75 Å². The van der Waals surface area contributed by atoms with Gasteiger partial charge in [-0.2, -0.15) is 5.10 Å². The number of rotatable bonds is 5. The van der Waals surface area contributed by atoms with Crippen molar-refractivity contribution >= 4 is 32.6 Å². The van der Waals surface area contributed by atoms with Crippen LogP contribution in [0.1, 0.15) is 29.0 Å². The summed E-state index contributed by atoms with van der Waals surface area (Å²) in [5, 5.41) is 4.96. The fraction of sp³-hybridized carbons (Fsp3) is 0.421. The number of hydrogen-bond donors (Lipinski definition) is 0. The summed E-state index contributed by atoms with van der Waals surface area (Å²) in [5.41, 5.74) is 2.12. The number of methoxy groups -OCH3 is 1. The van der Waals surface area contributed by atoms with E-state index < -0.39 is 0 Å². The highest BCUT2D eigenvalue weighted by molar-refractivity contribution is 7.22. The molecule has 1 unspecified atom stereocenters. The van der Waals surface area contributed by atoms with Gasteiger partial charge in [-0.1, -0.05) is 17.4 Å². The molecule has 1 saturated heterocycles. The van der Waals surface area contributed by atoms with E-state index in [2.05, 4.69) is 5.10 Å². The summed E-state index contributed by atoms with van der Waals surface area (Å²) in [6.07, 6.45) is 1.99. The average molecular weight is 386 g/mol. The van der Waals surface area contributed by atoms with Crippen molar-refractivity contribution in [2.75, 3.05) is 25.2 Å². The third kappa shape index (κ3) is 3.42. The summed E-state index contributed by atoms with van der Waals surface area (Å²) in [7, 11) is 3.41. The first-order valence-corrected chi connectivity index (χ1v) is 9.76. The summed E-state index contributed by atoms with van der Waals surface area (Å²) in [6.45, 7) is 3.10. The minimum Gasteiger partial charge on any atom is -0.494 e. The Bertz CT molecular complexity index is 975. The first-order chi connectivity index (χ1) is 13.1. The lowest BCUT2D eigenvalue weighted by Gasteiger charge is -2.23. The van der Waals surface area contributed by atoms with Gasteiger partial charge in [-0.15, -0.1) is 0 Å². The van der Waals surface area contributed by atoms with E-state index in [9.17, 15) is 4.79 Å². The van der Waals surface area contributed by atoms with E-state index in [1.165, 1.54) is 11.3 Å². The molecule has 0 saturated carbocycles. The average Bonchev–Trinajstić information content (AvgIpc) is 3.38.